The van der Waals surface area contributed by atoms with E-state index in [-0.39, 0.29) is 10.6 Å². The first-order valence-electron chi connectivity index (χ1n) is 7.25. The number of hydrogen-bond acceptors (Lipinski definition) is 3. The van der Waals surface area contributed by atoms with E-state index in [0.29, 0.717) is 0 Å². The van der Waals surface area contributed by atoms with Gasteiger partial charge in [-0.2, -0.15) is 0 Å². The second-order valence-corrected chi connectivity index (χ2v) is 5.56. The Morgan fingerprint density at radius 3 is 2.57 bits per heavy atom. The van der Waals surface area contributed by atoms with Crippen LogP contribution < -0.4 is 0 Å². The molecule has 0 radical (unpaired) electrons. The van der Waals surface area contributed by atoms with Crippen molar-refractivity contribution in [3.63, 3.8) is 0 Å². The molecule has 0 aliphatic rings. The largest absolute Gasteiger partial charge is 0.353 e. The maximum absolute atomic E-state index is 11.0. The molecule has 112 valence electrons. The average molecular weight is 303 g/mol. The van der Waals surface area contributed by atoms with Crippen LogP contribution in [0.25, 0.3) is 33.1 Å². The number of nitrogens with zero attached hydrogens (tertiary/aromatic N) is 2. The molecule has 0 aliphatic carbocycles. The maximum Gasteiger partial charge on any atom is 0.270 e. The fourth-order valence-electron chi connectivity index (χ4n) is 2.86. The Kier molecular flexibility index (Phi) is 2.87. The van der Waals surface area contributed by atoms with Gasteiger partial charge in [0, 0.05) is 40.2 Å². The van der Waals surface area contributed by atoms with Gasteiger partial charge < -0.3 is 4.98 Å². The van der Waals surface area contributed by atoms with Crippen molar-refractivity contribution in [3.8, 4) is 11.3 Å². The molecule has 0 unspecified atom stereocenters. The molecule has 4 aromatic rings. The summed E-state index contributed by atoms with van der Waals surface area (Å²) in [5.41, 5.74) is 4.91. The highest BCUT2D eigenvalue weighted by Gasteiger charge is 2.14. The minimum atomic E-state index is -0.375. The first kappa shape index (κ1) is 13.5. The molecule has 2 heterocycles. The Balaban J connectivity index is 2.02. The van der Waals surface area contributed by atoms with Crippen LogP contribution in [0, 0.1) is 17.0 Å². The zero-order valence-electron chi connectivity index (χ0n) is 12.4. The number of benzene rings is 2. The molecule has 23 heavy (non-hydrogen) atoms. The fourth-order valence-corrected chi connectivity index (χ4v) is 2.86. The summed E-state index contributed by atoms with van der Waals surface area (Å²) in [7, 11) is 0. The molecule has 0 saturated heterocycles. The Bertz CT molecular complexity index is 1050. The number of hydrogen-bond donors (Lipinski definition) is 1. The van der Waals surface area contributed by atoms with E-state index in [1.54, 1.807) is 18.3 Å². The number of H-pyrrole nitrogens is 1. The van der Waals surface area contributed by atoms with Gasteiger partial charge in [-0.1, -0.05) is 29.8 Å². The summed E-state index contributed by atoms with van der Waals surface area (Å²) >= 11 is 0. The lowest BCUT2D eigenvalue weighted by molar-refractivity contribution is -0.384. The summed E-state index contributed by atoms with van der Waals surface area (Å²) in [5.74, 6) is 0. The predicted molar refractivity (Wildman–Crippen MR) is 90.4 cm³/mol. The second kappa shape index (κ2) is 4.91. The van der Waals surface area contributed by atoms with E-state index in [9.17, 15) is 10.1 Å². The first-order chi connectivity index (χ1) is 11.1. The lowest BCUT2D eigenvalue weighted by atomic mass is 10.1. The number of nitro benzene ring substituents is 1. The highest BCUT2D eigenvalue weighted by atomic mass is 16.6. The van der Waals surface area contributed by atoms with Crippen LogP contribution in [0.3, 0.4) is 0 Å². The van der Waals surface area contributed by atoms with Crippen LogP contribution in [0.4, 0.5) is 5.69 Å². The highest BCUT2D eigenvalue weighted by molar-refractivity contribution is 6.11. The molecular formula is C18H13N3O2. The number of non-ortho nitro benzene ring substituents is 1. The quantitative estimate of drug-likeness (QED) is 0.434. The zero-order valence-corrected chi connectivity index (χ0v) is 12.4. The van der Waals surface area contributed by atoms with Crippen molar-refractivity contribution in [1.29, 1.82) is 0 Å². The van der Waals surface area contributed by atoms with E-state index in [1.807, 2.05) is 37.3 Å². The van der Waals surface area contributed by atoms with Crippen molar-refractivity contribution in [1.82, 2.24) is 9.97 Å². The molecule has 0 saturated carbocycles. The molecule has 4 rings (SSSR count). The standard InChI is InChI=1S/C18H13N3O2/c1-11-2-4-12(5-3-11)17-18-14(8-9-19-17)15-10-13(21(22)23)6-7-16(15)20-18/h2-10,20H,1H3. The van der Waals surface area contributed by atoms with Gasteiger partial charge >= 0.3 is 0 Å². The van der Waals surface area contributed by atoms with E-state index < -0.39 is 0 Å². The summed E-state index contributed by atoms with van der Waals surface area (Å²) in [6.07, 6.45) is 1.74. The maximum atomic E-state index is 11.0. The summed E-state index contributed by atoms with van der Waals surface area (Å²) in [4.78, 5) is 18.5. The SMILES string of the molecule is Cc1ccc(-c2nccc3c2[nH]c2ccc([N+](=O)[O-])cc23)cc1. The molecule has 0 amide bonds. The lowest BCUT2D eigenvalue weighted by Crippen LogP contribution is -1.86. The number of aryl methyl sites for hydroxylation is 1. The fraction of sp³-hybridized carbons (Fsp3) is 0.0556. The molecular weight excluding hydrogens is 290 g/mol. The smallest absolute Gasteiger partial charge is 0.270 e. The van der Waals surface area contributed by atoms with Crippen LogP contribution in [-0.4, -0.2) is 14.9 Å². The van der Waals surface area contributed by atoms with Crippen molar-refractivity contribution in [2.45, 2.75) is 6.92 Å². The summed E-state index contributed by atoms with van der Waals surface area (Å²) in [6.45, 7) is 2.04. The van der Waals surface area contributed by atoms with Crippen molar-refractivity contribution in [2.75, 3.05) is 0 Å². The number of aromatic nitrogens is 2. The second-order valence-electron chi connectivity index (χ2n) is 5.56. The van der Waals surface area contributed by atoms with Crippen molar-refractivity contribution in [2.24, 2.45) is 0 Å². The van der Waals surface area contributed by atoms with E-state index >= 15 is 0 Å². The van der Waals surface area contributed by atoms with Crippen LogP contribution in [0.5, 0.6) is 0 Å². The Morgan fingerprint density at radius 2 is 1.83 bits per heavy atom. The van der Waals surface area contributed by atoms with Crippen molar-refractivity contribution in [3.05, 3.63) is 70.4 Å². The van der Waals surface area contributed by atoms with Gasteiger partial charge in [0.05, 0.1) is 16.1 Å². The molecule has 0 spiro atoms. The van der Waals surface area contributed by atoms with Crippen molar-refractivity contribution >= 4 is 27.5 Å². The minimum absolute atomic E-state index is 0.0899. The van der Waals surface area contributed by atoms with Gasteiger partial charge in [0.1, 0.15) is 0 Å². The predicted octanol–water partition coefficient (Wildman–Crippen LogP) is 4.60. The topological polar surface area (TPSA) is 71.8 Å². The van der Waals surface area contributed by atoms with E-state index in [1.165, 1.54) is 11.6 Å². The van der Waals surface area contributed by atoms with Crippen molar-refractivity contribution < 1.29 is 4.92 Å². The molecule has 0 fully saturated rings. The van der Waals surface area contributed by atoms with E-state index in [2.05, 4.69) is 9.97 Å². The van der Waals surface area contributed by atoms with E-state index in [4.69, 9.17) is 0 Å². The number of pyridine rings is 1. The Hall–Kier alpha value is -3.21. The summed E-state index contributed by atoms with van der Waals surface area (Å²) in [5, 5.41) is 12.8. The molecule has 2 aromatic carbocycles. The number of fused-ring (bicyclic) bond motifs is 3. The van der Waals surface area contributed by atoms with Gasteiger partial charge in [0.25, 0.3) is 5.69 Å². The first-order valence-corrected chi connectivity index (χ1v) is 7.25. The van der Waals surface area contributed by atoms with Crippen LogP contribution in [0.2, 0.25) is 0 Å². The number of nitro groups is 1. The molecule has 5 heteroatoms. The third kappa shape index (κ3) is 2.14. The molecule has 0 atom stereocenters. The van der Waals surface area contributed by atoms with Gasteiger partial charge in [0.15, 0.2) is 0 Å². The van der Waals surface area contributed by atoms with Gasteiger partial charge in [0.2, 0.25) is 0 Å². The van der Waals surface area contributed by atoms with E-state index in [0.717, 1.165) is 33.1 Å². The zero-order chi connectivity index (χ0) is 16.0. The normalized spacial score (nSPS) is 11.2. The minimum Gasteiger partial charge on any atom is -0.353 e. The number of aromatic amines is 1. The van der Waals surface area contributed by atoms with Crippen LogP contribution in [-0.2, 0) is 0 Å². The summed E-state index contributed by atoms with van der Waals surface area (Å²) < 4.78 is 0. The number of nitrogens with one attached hydrogen (secondary N) is 1. The summed E-state index contributed by atoms with van der Waals surface area (Å²) in [6, 6.07) is 14.9. The van der Waals surface area contributed by atoms with Gasteiger partial charge in [-0.15, -0.1) is 0 Å². The lowest BCUT2D eigenvalue weighted by Gasteiger charge is -2.03. The van der Waals surface area contributed by atoms with Crippen LogP contribution in [0.15, 0.2) is 54.7 Å². The van der Waals surface area contributed by atoms with Gasteiger partial charge in [-0.05, 0) is 19.1 Å². The van der Waals surface area contributed by atoms with Gasteiger partial charge in [-0.25, -0.2) is 0 Å². The third-order valence-electron chi connectivity index (χ3n) is 4.04. The van der Waals surface area contributed by atoms with Gasteiger partial charge in [-0.3, -0.25) is 15.1 Å². The van der Waals surface area contributed by atoms with Crippen LogP contribution >= 0.6 is 0 Å². The molecule has 1 N–H and O–H groups in total. The molecule has 5 nitrogen and oxygen atoms in total. The molecule has 0 aliphatic heterocycles. The molecule has 2 aromatic heterocycles. The average Bonchev–Trinajstić information content (AvgIpc) is 2.93. The third-order valence-corrected chi connectivity index (χ3v) is 4.04. The number of rotatable bonds is 2. The highest BCUT2D eigenvalue weighted by Crippen LogP contribution is 2.33. The Morgan fingerprint density at radius 1 is 1.04 bits per heavy atom. The monoisotopic (exact) mass is 303 g/mol. The molecule has 0 bridgehead atoms. The Labute approximate surface area is 131 Å². The van der Waals surface area contributed by atoms with Crippen LogP contribution in [0.1, 0.15) is 5.56 Å².